The summed E-state index contributed by atoms with van der Waals surface area (Å²) in [5.41, 5.74) is 3.34. The van der Waals surface area contributed by atoms with Gasteiger partial charge in [-0.3, -0.25) is 0 Å². The van der Waals surface area contributed by atoms with Crippen LogP contribution in [0.25, 0.3) is 0 Å². The van der Waals surface area contributed by atoms with E-state index in [9.17, 15) is 0 Å². The van der Waals surface area contributed by atoms with Crippen LogP contribution in [0.2, 0.25) is 0 Å². The molecule has 0 radical (unpaired) electrons. The summed E-state index contributed by atoms with van der Waals surface area (Å²) in [5, 5.41) is 3.67. The van der Waals surface area contributed by atoms with E-state index in [1.807, 2.05) is 0 Å². The van der Waals surface area contributed by atoms with Crippen molar-refractivity contribution >= 4 is 0 Å². The summed E-state index contributed by atoms with van der Waals surface area (Å²) in [6.45, 7) is 13.8. The molecule has 0 aromatic heterocycles. The van der Waals surface area contributed by atoms with E-state index in [-0.39, 0.29) is 0 Å². The Morgan fingerprint density at radius 2 is 1.81 bits per heavy atom. The quantitative estimate of drug-likeness (QED) is 0.810. The van der Waals surface area contributed by atoms with Crippen LogP contribution in [0.1, 0.15) is 57.2 Å². The Kier molecular flexibility index (Phi) is 5.83. The Morgan fingerprint density at radius 3 is 2.33 bits per heavy atom. The van der Waals surface area contributed by atoms with Crippen LogP contribution in [0.3, 0.4) is 0 Å². The van der Waals surface area contributed by atoms with E-state index in [1.165, 1.54) is 43.5 Å². The summed E-state index contributed by atoms with van der Waals surface area (Å²) in [7, 11) is 0. The lowest BCUT2D eigenvalue weighted by molar-refractivity contribution is 0.226. The highest BCUT2D eigenvalue weighted by Gasteiger charge is 2.35. The molecule has 1 saturated heterocycles. The Hall–Kier alpha value is -0.860. The lowest BCUT2D eigenvalue weighted by atomic mass is 9.82. The highest BCUT2D eigenvalue weighted by Crippen LogP contribution is 2.37. The first kappa shape index (κ1) is 16.5. The largest absolute Gasteiger partial charge is 0.309 e. The normalized spacial score (nSPS) is 19.8. The monoisotopic (exact) mass is 288 g/mol. The number of nitrogens with zero attached hydrogens (tertiary/aromatic N) is 1. The zero-order valence-electron chi connectivity index (χ0n) is 14.3. The van der Waals surface area contributed by atoms with Crippen LogP contribution in [-0.4, -0.2) is 31.1 Å². The van der Waals surface area contributed by atoms with Crippen LogP contribution in [-0.2, 0) is 0 Å². The van der Waals surface area contributed by atoms with Crippen molar-refractivity contribution in [1.82, 2.24) is 10.2 Å². The molecule has 1 aromatic rings. The van der Waals surface area contributed by atoms with Gasteiger partial charge in [-0.15, -0.1) is 0 Å². The van der Waals surface area contributed by atoms with Crippen molar-refractivity contribution in [3.05, 3.63) is 35.4 Å². The highest BCUT2D eigenvalue weighted by molar-refractivity contribution is 5.24. The Morgan fingerprint density at radius 1 is 1.14 bits per heavy atom. The first-order valence-corrected chi connectivity index (χ1v) is 8.64. The molecule has 1 atom stereocenters. The maximum atomic E-state index is 3.67. The third kappa shape index (κ3) is 4.08. The van der Waals surface area contributed by atoms with E-state index in [2.05, 4.69) is 62.2 Å². The van der Waals surface area contributed by atoms with Crippen molar-refractivity contribution in [3.63, 3.8) is 0 Å². The highest BCUT2D eigenvalue weighted by atomic mass is 15.2. The Bertz CT molecular complexity index is 420. The predicted octanol–water partition coefficient (Wildman–Crippen LogP) is 4.16. The first-order chi connectivity index (χ1) is 10.1. The van der Waals surface area contributed by atoms with Crippen molar-refractivity contribution in [2.75, 3.05) is 26.2 Å². The Labute approximate surface area is 130 Å². The summed E-state index contributed by atoms with van der Waals surface area (Å²) in [5.74, 6) is 0. The summed E-state index contributed by atoms with van der Waals surface area (Å²) < 4.78 is 0. The molecule has 1 N–H and O–H groups in total. The van der Waals surface area contributed by atoms with Crippen LogP contribution in [0.5, 0.6) is 0 Å². The van der Waals surface area contributed by atoms with E-state index < -0.39 is 0 Å². The molecule has 2 nitrogen and oxygen atoms in total. The van der Waals surface area contributed by atoms with E-state index in [1.54, 1.807) is 0 Å². The predicted molar refractivity (Wildman–Crippen MR) is 91.7 cm³/mol. The molecular formula is C19H32N2. The molecule has 0 saturated carbocycles. The van der Waals surface area contributed by atoms with Crippen LogP contribution in [0.15, 0.2) is 24.3 Å². The van der Waals surface area contributed by atoms with Gasteiger partial charge in [-0.1, -0.05) is 50.6 Å². The lowest BCUT2D eigenvalue weighted by Crippen LogP contribution is -2.35. The molecule has 0 spiro atoms. The minimum absolute atomic E-state index is 0.458. The Balaban J connectivity index is 2.02. The average molecular weight is 288 g/mol. The molecule has 1 fully saturated rings. The third-order valence-corrected chi connectivity index (χ3v) is 5.39. The van der Waals surface area contributed by atoms with Crippen LogP contribution >= 0.6 is 0 Å². The lowest BCUT2D eigenvalue weighted by Gasteiger charge is -2.29. The van der Waals surface area contributed by atoms with E-state index in [4.69, 9.17) is 0 Å². The van der Waals surface area contributed by atoms with E-state index >= 15 is 0 Å². The molecule has 0 amide bonds. The number of rotatable bonds is 7. The number of likely N-dealkylation sites (N-methyl/N-ethyl adjacent to an activating group) is 1. The van der Waals surface area contributed by atoms with Gasteiger partial charge in [0, 0.05) is 19.1 Å². The summed E-state index contributed by atoms with van der Waals surface area (Å²) in [6, 6.07) is 9.48. The van der Waals surface area contributed by atoms with E-state index in [0.717, 1.165) is 13.1 Å². The molecule has 0 bridgehead atoms. The number of aryl methyl sites for hydroxylation is 1. The molecule has 2 rings (SSSR count). The number of likely N-dealkylation sites (tertiary alicyclic amines) is 1. The standard InChI is InChI=1S/C19H32N2/c1-5-19(6-2)12-13-21(15-19)14-18(20-7-3)17-10-8-16(4)9-11-17/h8-11,18,20H,5-7,12-15H2,1-4H3. The zero-order valence-corrected chi connectivity index (χ0v) is 14.3. The van der Waals surface area contributed by atoms with Crippen molar-refractivity contribution in [1.29, 1.82) is 0 Å². The molecule has 118 valence electrons. The minimum atomic E-state index is 0.458. The second kappa shape index (κ2) is 7.42. The maximum Gasteiger partial charge on any atom is 0.0449 e. The van der Waals surface area contributed by atoms with Crippen LogP contribution < -0.4 is 5.32 Å². The smallest absolute Gasteiger partial charge is 0.0449 e. The van der Waals surface area contributed by atoms with Crippen molar-refractivity contribution in [2.45, 2.75) is 53.0 Å². The second-order valence-electron chi connectivity index (χ2n) is 6.71. The van der Waals surface area contributed by atoms with Crippen molar-refractivity contribution < 1.29 is 0 Å². The molecular weight excluding hydrogens is 256 g/mol. The number of benzene rings is 1. The molecule has 0 aliphatic carbocycles. The van der Waals surface area contributed by atoms with Gasteiger partial charge in [-0.05, 0) is 50.3 Å². The van der Waals surface area contributed by atoms with Gasteiger partial charge in [0.2, 0.25) is 0 Å². The minimum Gasteiger partial charge on any atom is -0.309 e. The van der Waals surface area contributed by atoms with Crippen molar-refractivity contribution in [3.8, 4) is 0 Å². The summed E-state index contributed by atoms with van der Waals surface area (Å²) >= 11 is 0. The fraction of sp³-hybridized carbons (Fsp3) is 0.684. The molecule has 1 aliphatic heterocycles. The number of nitrogens with one attached hydrogen (secondary N) is 1. The molecule has 1 heterocycles. The second-order valence-corrected chi connectivity index (χ2v) is 6.71. The van der Waals surface area contributed by atoms with Crippen LogP contribution in [0.4, 0.5) is 0 Å². The topological polar surface area (TPSA) is 15.3 Å². The molecule has 1 unspecified atom stereocenters. The fourth-order valence-corrected chi connectivity index (χ4v) is 3.60. The first-order valence-electron chi connectivity index (χ1n) is 8.64. The van der Waals surface area contributed by atoms with Crippen molar-refractivity contribution in [2.24, 2.45) is 5.41 Å². The molecule has 2 heteroatoms. The number of hydrogen-bond acceptors (Lipinski definition) is 2. The maximum absolute atomic E-state index is 3.67. The SMILES string of the molecule is CCNC(CN1CCC(CC)(CC)C1)c1ccc(C)cc1. The average Bonchev–Trinajstić information content (AvgIpc) is 2.92. The number of hydrogen-bond donors (Lipinski definition) is 1. The van der Waals surface area contributed by atoms with Gasteiger partial charge in [-0.2, -0.15) is 0 Å². The van der Waals surface area contributed by atoms with E-state index in [0.29, 0.717) is 11.5 Å². The van der Waals surface area contributed by atoms with Gasteiger partial charge >= 0.3 is 0 Å². The van der Waals surface area contributed by atoms with Gasteiger partial charge in [0.25, 0.3) is 0 Å². The van der Waals surface area contributed by atoms with Gasteiger partial charge in [0.1, 0.15) is 0 Å². The summed E-state index contributed by atoms with van der Waals surface area (Å²) in [4.78, 5) is 2.67. The third-order valence-electron chi connectivity index (χ3n) is 5.39. The molecule has 1 aromatic carbocycles. The summed E-state index contributed by atoms with van der Waals surface area (Å²) in [6.07, 6.45) is 4.00. The molecule has 21 heavy (non-hydrogen) atoms. The van der Waals surface area contributed by atoms with Crippen LogP contribution in [0, 0.1) is 12.3 Å². The zero-order chi connectivity index (χ0) is 15.3. The van der Waals surface area contributed by atoms with Gasteiger partial charge in [-0.25, -0.2) is 0 Å². The molecule has 1 aliphatic rings. The fourth-order valence-electron chi connectivity index (χ4n) is 3.60. The van der Waals surface area contributed by atoms with Gasteiger partial charge in [0.15, 0.2) is 0 Å². The van der Waals surface area contributed by atoms with Gasteiger partial charge < -0.3 is 10.2 Å². The van der Waals surface area contributed by atoms with Gasteiger partial charge in [0.05, 0.1) is 0 Å².